The summed E-state index contributed by atoms with van der Waals surface area (Å²) in [6, 6.07) is 7.92. The van der Waals surface area contributed by atoms with Crippen LogP contribution >= 0.6 is 11.8 Å². The smallest absolute Gasteiger partial charge is 0.255 e. The Kier molecular flexibility index (Phi) is 4.71. The summed E-state index contributed by atoms with van der Waals surface area (Å²) >= 11 is 1.94. The van der Waals surface area contributed by atoms with Crippen LogP contribution in [0.3, 0.4) is 0 Å². The molecule has 4 rings (SSSR count). The zero-order valence-corrected chi connectivity index (χ0v) is 16.0. The van der Waals surface area contributed by atoms with Gasteiger partial charge in [-0.1, -0.05) is 6.07 Å². The van der Waals surface area contributed by atoms with Gasteiger partial charge < -0.3 is 9.64 Å². The van der Waals surface area contributed by atoms with Crippen LogP contribution in [-0.2, 0) is 11.3 Å². The van der Waals surface area contributed by atoms with Gasteiger partial charge in [0.15, 0.2) is 0 Å². The number of pyridine rings is 2. The van der Waals surface area contributed by atoms with E-state index in [1.54, 1.807) is 12.4 Å². The summed E-state index contributed by atoms with van der Waals surface area (Å²) in [6.45, 7) is 6.10. The number of amides is 1. The number of aryl methyl sites for hydroxylation is 2. The molecular formula is C20H23N3O2S. The predicted molar refractivity (Wildman–Crippen MR) is 102 cm³/mol. The lowest BCUT2D eigenvalue weighted by molar-refractivity contribution is 0.0244. The topological polar surface area (TPSA) is 55.3 Å². The summed E-state index contributed by atoms with van der Waals surface area (Å²) in [6.07, 6.45) is 4.66. The molecule has 2 aromatic rings. The molecule has 1 amide bonds. The van der Waals surface area contributed by atoms with Crippen molar-refractivity contribution in [1.82, 2.24) is 14.9 Å². The highest BCUT2D eigenvalue weighted by atomic mass is 32.2. The summed E-state index contributed by atoms with van der Waals surface area (Å²) in [7, 11) is 0. The minimum Gasteiger partial charge on any atom is -0.371 e. The molecule has 5 nitrogen and oxygen atoms in total. The third-order valence-electron chi connectivity index (χ3n) is 4.96. The Balaban J connectivity index is 1.29. The maximum Gasteiger partial charge on any atom is 0.255 e. The summed E-state index contributed by atoms with van der Waals surface area (Å²) < 4.78 is 6.24. The Bertz CT molecular complexity index is 820. The molecule has 1 atom stereocenters. The molecule has 0 unspecified atom stereocenters. The van der Waals surface area contributed by atoms with Crippen molar-refractivity contribution >= 4 is 17.7 Å². The van der Waals surface area contributed by atoms with Gasteiger partial charge in [-0.2, -0.15) is 0 Å². The first kappa shape index (κ1) is 17.5. The molecule has 4 heterocycles. The van der Waals surface area contributed by atoms with Gasteiger partial charge in [-0.15, -0.1) is 11.8 Å². The maximum atomic E-state index is 12.6. The van der Waals surface area contributed by atoms with Crippen molar-refractivity contribution in [1.29, 1.82) is 0 Å². The van der Waals surface area contributed by atoms with Crippen LogP contribution in [-0.4, -0.2) is 50.5 Å². The van der Waals surface area contributed by atoms with E-state index in [1.165, 1.54) is 0 Å². The first-order chi connectivity index (χ1) is 12.5. The van der Waals surface area contributed by atoms with Crippen LogP contribution in [0, 0.1) is 13.8 Å². The molecule has 6 heteroatoms. The van der Waals surface area contributed by atoms with E-state index in [4.69, 9.17) is 4.74 Å². The number of aromatic nitrogens is 2. The SMILES string of the molecule is Cc1cncc(C(=O)N2CC3(C[C@@H](OCc4cccc(C)n4)CS3)C2)c1. The Morgan fingerprint density at radius 3 is 2.96 bits per heavy atom. The largest absolute Gasteiger partial charge is 0.371 e. The van der Waals surface area contributed by atoms with Crippen molar-refractivity contribution in [3.05, 3.63) is 59.2 Å². The van der Waals surface area contributed by atoms with E-state index >= 15 is 0 Å². The second-order valence-corrected chi connectivity index (χ2v) is 8.80. The van der Waals surface area contributed by atoms with E-state index in [1.807, 2.05) is 54.8 Å². The average molecular weight is 369 g/mol. The second-order valence-electron chi connectivity index (χ2n) is 7.31. The van der Waals surface area contributed by atoms with Gasteiger partial charge in [0.1, 0.15) is 0 Å². The van der Waals surface area contributed by atoms with Crippen LogP contribution in [0.1, 0.15) is 33.7 Å². The third-order valence-corrected chi connectivity index (χ3v) is 6.53. The summed E-state index contributed by atoms with van der Waals surface area (Å²) in [5, 5.41) is 0. The van der Waals surface area contributed by atoms with E-state index in [2.05, 4.69) is 9.97 Å². The highest BCUT2D eigenvalue weighted by Crippen LogP contribution is 2.46. The molecular weight excluding hydrogens is 346 g/mol. The van der Waals surface area contributed by atoms with E-state index in [0.717, 1.165) is 42.2 Å². The van der Waals surface area contributed by atoms with Crippen LogP contribution in [0.15, 0.2) is 36.7 Å². The first-order valence-electron chi connectivity index (χ1n) is 8.92. The van der Waals surface area contributed by atoms with Crippen LogP contribution in [0.4, 0.5) is 0 Å². The van der Waals surface area contributed by atoms with Gasteiger partial charge in [0.25, 0.3) is 5.91 Å². The highest BCUT2D eigenvalue weighted by Gasteiger charge is 2.51. The van der Waals surface area contributed by atoms with E-state index in [-0.39, 0.29) is 16.8 Å². The van der Waals surface area contributed by atoms with Crippen molar-refractivity contribution < 1.29 is 9.53 Å². The molecule has 2 fully saturated rings. The summed E-state index contributed by atoms with van der Waals surface area (Å²) in [5.74, 6) is 1.07. The summed E-state index contributed by atoms with van der Waals surface area (Å²) in [4.78, 5) is 23.1. The van der Waals surface area contributed by atoms with Gasteiger partial charge in [-0.3, -0.25) is 14.8 Å². The van der Waals surface area contributed by atoms with E-state index in [0.29, 0.717) is 12.2 Å². The highest BCUT2D eigenvalue weighted by molar-refractivity contribution is 8.01. The lowest BCUT2D eigenvalue weighted by atomic mass is 9.92. The van der Waals surface area contributed by atoms with E-state index in [9.17, 15) is 4.79 Å². The predicted octanol–water partition coefficient (Wildman–Crippen LogP) is 3.01. The number of hydrogen-bond donors (Lipinski definition) is 0. The van der Waals surface area contributed by atoms with E-state index < -0.39 is 0 Å². The van der Waals surface area contributed by atoms with Crippen LogP contribution in [0.25, 0.3) is 0 Å². The van der Waals surface area contributed by atoms with Crippen molar-refractivity contribution in [2.75, 3.05) is 18.8 Å². The molecule has 2 aliphatic rings. The maximum absolute atomic E-state index is 12.6. The first-order valence-corrected chi connectivity index (χ1v) is 9.91. The number of carbonyl (C=O) groups is 1. The molecule has 136 valence electrons. The number of thioether (sulfide) groups is 1. The summed E-state index contributed by atoms with van der Waals surface area (Å²) in [5.41, 5.74) is 3.69. The molecule has 0 saturated carbocycles. The monoisotopic (exact) mass is 369 g/mol. The van der Waals surface area contributed by atoms with Crippen LogP contribution in [0.5, 0.6) is 0 Å². The normalized spacial score (nSPS) is 21.0. The number of ether oxygens (including phenoxy) is 1. The van der Waals surface area contributed by atoms with Gasteiger partial charge in [-0.05, 0) is 44.0 Å². The van der Waals surface area contributed by atoms with Gasteiger partial charge >= 0.3 is 0 Å². The lowest BCUT2D eigenvalue weighted by Gasteiger charge is -2.47. The molecule has 2 aliphatic heterocycles. The quantitative estimate of drug-likeness (QED) is 0.829. The molecule has 0 N–H and O–H groups in total. The molecule has 2 saturated heterocycles. The molecule has 2 aromatic heterocycles. The minimum absolute atomic E-state index is 0.0840. The number of nitrogens with zero attached hydrogens (tertiary/aromatic N) is 3. The third kappa shape index (κ3) is 3.62. The fourth-order valence-corrected chi connectivity index (χ4v) is 5.21. The zero-order chi connectivity index (χ0) is 18.1. The zero-order valence-electron chi connectivity index (χ0n) is 15.1. The molecule has 0 bridgehead atoms. The van der Waals surface area contributed by atoms with Crippen molar-refractivity contribution in [3.63, 3.8) is 0 Å². The molecule has 0 aliphatic carbocycles. The Morgan fingerprint density at radius 2 is 2.19 bits per heavy atom. The van der Waals surface area contributed by atoms with Crippen molar-refractivity contribution in [2.24, 2.45) is 0 Å². The Morgan fingerprint density at radius 1 is 1.35 bits per heavy atom. The standard InChI is InChI=1S/C20H23N3O2S/c1-14-6-16(9-21-8-14)19(24)23-12-20(13-23)7-18(11-26-20)25-10-17-5-3-4-15(2)22-17/h3-6,8-9,18H,7,10-13H2,1-2H3/t18-/m1/s1. The average Bonchev–Trinajstić information content (AvgIpc) is 3.03. The fourth-order valence-electron chi connectivity index (χ4n) is 3.66. The van der Waals surface area contributed by atoms with Crippen molar-refractivity contribution in [2.45, 2.75) is 37.7 Å². The van der Waals surface area contributed by atoms with Gasteiger partial charge in [-0.25, -0.2) is 0 Å². The van der Waals surface area contributed by atoms with Gasteiger partial charge in [0.2, 0.25) is 0 Å². The minimum atomic E-state index is 0.0840. The number of hydrogen-bond acceptors (Lipinski definition) is 5. The number of rotatable bonds is 4. The molecule has 0 aromatic carbocycles. The van der Waals surface area contributed by atoms with Crippen LogP contribution < -0.4 is 0 Å². The Labute approximate surface area is 158 Å². The molecule has 1 spiro atoms. The second kappa shape index (κ2) is 7.00. The van der Waals surface area contributed by atoms with Crippen LogP contribution in [0.2, 0.25) is 0 Å². The van der Waals surface area contributed by atoms with Gasteiger partial charge in [0.05, 0.1) is 28.7 Å². The Hall–Kier alpha value is -1.92. The fraction of sp³-hybridized carbons (Fsp3) is 0.450. The van der Waals surface area contributed by atoms with Gasteiger partial charge in [0, 0.05) is 36.9 Å². The lowest BCUT2D eigenvalue weighted by Crippen LogP contribution is -2.60. The molecule has 0 radical (unpaired) electrons. The molecule has 26 heavy (non-hydrogen) atoms. The number of likely N-dealkylation sites (tertiary alicyclic amines) is 1. The van der Waals surface area contributed by atoms with Crippen molar-refractivity contribution in [3.8, 4) is 0 Å². The number of carbonyl (C=O) groups excluding carboxylic acids is 1.